The van der Waals surface area contributed by atoms with E-state index in [2.05, 4.69) is 16.0 Å². The van der Waals surface area contributed by atoms with Gasteiger partial charge >= 0.3 is 0 Å². The van der Waals surface area contributed by atoms with Gasteiger partial charge in [-0.1, -0.05) is 44.2 Å². The Balaban J connectivity index is 0.00000288. The Morgan fingerprint density at radius 1 is 1.25 bits per heavy atom. The lowest BCUT2D eigenvalue weighted by Crippen LogP contribution is -2.55. The van der Waals surface area contributed by atoms with E-state index >= 15 is 0 Å². The van der Waals surface area contributed by atoms with Gasteiger partial charge in [-0.25, -0.2) is 0 Å². The second kappa shape index (κ2) is 10.3. The molecular formula is C18H28ClN3O2. The van der Waals surface area contributed by atoms with Gasteiger partial charge in [0.2, 0.25) is 11.8 Å². The Bertz CT molecular complexity index is 516. The molecule has 2 atom stereocenters. The maximum atomic E-state index is 12.5. The standard InChI is InChI=1S/C18H27N3O2.ClH/c1-13(2)17(18(23)20-15-9-6-10-19-12-15)21-16(22)11-14-7-4-3-5-8-14;/h3-5,7-8,13,15,17,19H,6,9-12H2,1-2H3,(H,20,23)(H,21,22);1H/t15-,17?;/m0./s1. The Morgan fingerprint density at radius 3 is 2.54 bits per heavy atom. The van der Waals surface area contributed by atoms with Crippen LogP contribution in [0.5, 0.6) is 0 Å². The van der Waals surface area contributed by atoms with Crippen LogP contribution in [0.25, 0.3) is 0 Å². The zero-order valence-corrected chi connectivity index (χ0v) is 15.2. The smallest absolute Gasteiger partial charge is 0.243 e. The summed E-state index contributed by atoms with van der Waals surface area (Å²) >= 11 is 0. The third-order valence-corrected chi connectivity index (χ3v) is 4.12. The topological polar surface area (TPSA) is 70.2 Å². The van der Waals surface area contributed by atoms with Gasteiger partial charge in [0.25, 0.3) is 0 Å². The summed E-state index contributed by atoms with van der Waals surface area (Å²) in [6.07, 6.45) is 2.35. The number of hydrogen-bond acceptors (Lipinski definition) is 3. The molecule has 1 saturated heterocycles. The van der Waals surface area contributed by atoms with Crippen LogP contribution in [-0.2, 0) is 16.0 Å². The maximum Gasteiger partial charge on any atom is 0.243 e. The number of nitrogens with one attached hydrogen (secondary N) is 3. The fourth-order valence-corrected chi connectivity index (χ4v) is 2.81. The average molecular weight is 354 g/mol. The fourth-order valence-electron chi connectivity index (χ4n) is 2.81. The molecular weight excluding hydrogens is 326 g/mol. The van der Waals surface area contributed by atoms with Crippen LogP contribution < -0.4 is 16.0 Å². The minimum absolute atomic E-state index is 0. The van der Waals surface area contributed by atoms with Crippen molar-refractivity contribution in [3.8, 4) is 0 Å². The fraction of sp³-hybridized carbons (Fsp3) is 0.556. The molecule has 1 fully saturated rings. The lowest BCUT2D eigenvalue weighted by atomic mass is 10.0. The van der Waals surface area contributed by atoms with E-state index in [1.165, 1.54) is 0 Å². The number of benzene rings is 1. The minimum Gasteiger partial charge on any atom is -0.350 e. The van der Waals surface area contributed by atoms with Crippen molar-refractivity contribution in [2.75, 3.05) is 13.1 Å². The summed E-state index contributed by atoms with van der Waals surface area (Å²) < 4.78 is 0. The number of hydrogen-bond donors (Lipinski definition) is 3. The number of amides is 2. The molecule has 0 saturated carbocycles. The average Bonchev–Trinajstić information content (AvgIpc) is 2.54. The molecule has 2 amide bonds. The molecule has 24 heavy (non-hydrogen) atoms. The summed E-state index contributed by atoms with van der Waals surface area (Å²) in [5.74, 6) is -0.159. The lowest BCUT2D eigenvalue weighted by Gasteiger charge is -2.28. The summed E-state index contributed by atoms with van der Waals surface area (Å²) in [5, 5.41) is 9.22. The first-order valence-electron chi connectivity index (χ1n) is 8.40. The van der Waals surface area contributed by atoms with Crippen molar-refractivity contribution >= 4 is 24.2 Å². The molecule has 1 aromatic carbocycles. The number of carbonyl (C=O) groups excluding carboxylic acids is 2. The molecule has 2 rings (SSSR count). The minimum atomic E-state index is -0.492. The largest absolute Gasteiger partial charge is 0.350 e. The molecule has 1 aliphatic heterocycles. The molecule has 1 aliphatic rings. The molecule has 3 N–H and O–H groups in total. The van der Waals surface area contributed by atoms with Crippen molar-refractivity contribution in [3.63, 3.8) is 0 Å². The predicted molar refractivity (Wildman–Crippen MR) is 98.2 cm³/mol. The first-order chi connectivity index (χ1) is 11.1. The maximum absolute atomic E-state index is 12.5. The van der Waals surface area contributed by atoms with Crippen LogP contribution >= 0.6 is 12.4 Å². The highest BCUT2D eigenvalue weighted by Gasteiger charge is 2.26. The van der Waals surface area contributed by atoms with Crippen LogP contribution in [-0.4, -0.2) is 37.0 Å². The summed E-state index contributed by atoms with van der Waals surface area (Å²) in [7, 11) is 0. The van der Waals surface area contributed by atoms with Crippen LogP contribution in [0, 0.1) is 5.92 Å². The van der Waals surface area contributed by atoms with E-state index < -0.39 is 6.04 Å². The number of halogens is 1. The molecule has 5 nitrogen and oxygen atoms in total. The zero-order valence-electron chi connectivity index (χ0n) is 14.4. The van der Waals surface area contributed by atoms with Crippen LogP contribution in [0.2, 0.25) is 0 Å². The van der Waals surface area contributed by atoms with Crippen LogP contribution in [0.4, 0.5) is 0 Å². The van der Waals surface area contributed by atoms with Gasteiger partial charge in [-0.2, -0.15) is 0 Å². The molecule has 0 bridgehead atoms. The van der Waals surface area contributed by atoms with Crippen molar-refractivity contribution in [2.24, 2.45) is 5.92 Å². The third-order valence-electron chi connectivity index (χ3n) is 4.12. The molecule has 134 valence electrons. The summed E-state index contributed by atoms with van der Waals surface area (Å²) in [4.78, 5) is 24.7. The molecule has 6 heteroatoms. The van der Waals surface area contributed by atoms with Crippen LogP contribution in [0.3, 0.4) is 0 Å². The summed E-state index contributed by atoms with van der Waals surface area (Å²) in [5.41, 5.74) is 0.949. The van der Waals surface area contributed by atoms with E-state index in [1.807, 2.05) is 44.2 Å². The van der Waals surface area contributed by atoms with Crippen LogP contribution in [0.1, 0.15) is 32.3 Å². The Hall–Kier alpha value is -1.59. The third kappa shape index (κ3) is 6.49. The Labute approximate surface area is 150 Å². The predicted octanol–water partition coefficient (Wildman–Crippen LogP) is 1.66. The number of rotatable bonds is 6. The second-order valence-corrected chi connectivity index (χ2v) is 6.50. The van der Waals surface area contributed by atoms with E-state index in [9.17, 15) is 9.59 Å². The highest BCUT2D eigenvalue weighted by atomic mass is 35.5. The lowest BCUT2D eigenvalue weighted by molar-refractivity contribution is -0.130. The molecule has 1 unspecified atom stereocenters. The van der Waals surface area contributed by atoms with Crippen molar-refractivity contribution in [2.45, 2.75) is 45.2 Å². The Morgan fingerprint density at radius 2 is 1.96 bits per heavy atom. The monoisotopic (exact) mass is 353 g/mol. The molecule has 1 aromatic rings. The van der Waals surface area contributed by atoms with Crippen molar-refractivity contribution < 1.29 is 9.59 Å². The molecule has 0 spiro atoms. The SMILES string of the molecule is CC(C)C(NC(=O)Cc1ccccc1)C(=O)N[C@H]1CCCNC1.Cl. The Kier molecular flexibility index (Phi) is 8.79. The van der Waals surface area contributed by atoms with Gasteiger partial charge in [0.1, 0.15) is 6.04 Å². The first kappa shape index (κ1) is 20.5. The van der Waals surface area contributed by atoms with E-state index in [0.717, 1.165) is 31.5 Å². The second-order valence-electron chi connectivity index (χ2n) is 6.50. The highest BCUT2D eigenvalue weighted by Crippen LogP contribution is 2.07. The van der Waals surface area contributed by atoms with E-state index in [-0.39, 0.29) is 36.2 Å². The van der Waals surface area contributed by atoms with Crippen molar-refractivity contribution in [3.05, 3.63) is 35.9 Å². The first-order valence-corrected chi connectivity index (χ1v) is 8.40. The molecule has 0 aromatic heterocycles. The van der Waals surface area contributed by atoms with Gasteiger partial charge in [-0.15, -0.1) is 12.4 Å². The van der Waals surface area contributed by atoms with E-state index in [1.54, 1.807) is 0 Å². The van der Waals surface area contributed by atoms with E-state index in [4.69, 9.17) is 0 Å². The van der Waals surface area contributed by atoms with Crippen molar-refractivity contribution in [1.29, 1.82) is 0 Å². The number of carbonyl (C=O) groups is 2. The summed E-state index contributed by atoms with van der Waals surface area (Å²) in [6.45, 7) is 5.71. The van der Waals surface area contributed by atoms with E-state index in [0.29, 0.717) is 6.42 Å². The van der Waals surface area contributed by atoms with Gasteiger partial charge in [0.15, 0.2) is 0 Å². The summed E-state index contributed by atoms with van der Waals surface area (Å²) in [6, 6.07) is 9.23. The van der Waals surface area contributed by atoms with Gasteiger partial charge < -0.3 is 16.0 Å². The van der Waals surface area contributed by atoms with Crippen LogP contribution in [0.15, 0.2) is 30.3 Å². The number of piperidine rings is 1. The highest BCUT2D eigenvalue weighted by molar-refractivity contribution is 5.88. The normalized spacial score (nSPS) is 18.4. The zero-order chi connectivity index (χ0) is 16.7. The molecule has 0 aliphatic carbocycles. The van der Waals surface area contributed by atoms with Gasteiger partial charge in [0.05, 0.1) is 6.42 Å². The quantitative estimate of drug-likeness (QED) is 0.728. The van der Waals surface area contributed by atoms with Gasteiger partial charge in [0, 0.05) is 12.6 Å². The molecule has 1 heterocycles. The van der Waals surface area contributed by atoms with Gasteiger partial charge in [-0.3, -0.25) is 9.59 Å². The molecule has 0 radical (unpaired) electrons. The van der Waals surface area contributed by atoms with Gasteiger partial charge in [-0.05, 0) is 30.9 Å². The van der Waals surface area contributed by atoms with Crippen molar-refractivity contribution in [1.82, 2.24) is 16.0 Å².